The first kappa shape index (κ1) is 19.3. The summed E-state index contributed by atoms with van der Waals surface area (Å²) in [6, 6.07) is 8.25. The van der Waals surface area contributed by atoms with Crippen LogP contribution >= 0.6 is 0 Å². The van der Waals surface area contributed by atoms with Crippen molar-refractivity contribution in [1.82, 2.24) is 0 Å². The van der Waals surface area contributed by atoms with Crippen molar-refractivity contribution in [2.24, 2.45) is 0 Å². The number of nitrogens with one attached hydrogen (secondary N) is 1. The minimum atomic E-state index is -0.544. The van der Waals surface area contributed by atoms with Crippen LogP contribution in [0.15, 0.2) is 30.3 Å². The second kappa shape index (κ2) is 7.67. The molecular formula is C20H22N2O6. The van der Waals surface area contributed by atoms with E-state index in [9.17, 15) is 9.59 Å². The molecule has 0 radical (unpaired) electrons. The van der Waals surface area contributed by atoms with Crippen LogP contribution in [-0.4, -0.2) is 46.3 Å². The van der Waals surface area contributed by atoms with Crippen molar-refractivity contribution in [2.75, 3.05) is 38.6 Å². The smallest absolute Gasteiger partial charge is 0.267 e. The number of amides is 2. The lowest BCUT2D eigenvalue weighted by atomic mass is 10.1. The van der Waals surface area contributed by atoms with Crippen molar-refractivity contribution in [1.29, 1.82) is 0 Å². The van der Waals surface area contributed by atoms with E-state index in [4.69, 9.17) is 18.9 Å². The number of hydrogen-bond acceptors (Lipinski definition) is 6. The molecule has 1 aliphatic rings. The number of carbonyl (C=O) groups is 2. The lowest BCUT2D eigenvalue weighted by Gasteiger charge is -2.30. The number of fused-ring (bicyclic) bond motifs is 1. The normalized spacial score (nSPS) is 15.4. The van der Waals surface area contributed by atoms with Crippen LogP contribution in [0.4, 0.5) is 11.4 Å². The van der Waals surface area contributed by atoms with E-state index in [0.717, 1.165) is 0 Å². The molecule has 0 bridgehead atoms. The molecular weight excluding hydrogens is 364 g/mol. The van der Waals surface area contributed by atoms with Crippen LogP contribution in [0.25, 0.3) is 0 Å². The highest BCUT2D eigenvalue weighted by Crippen LogP contribution is 2.39. The van der Waals surface area contributed by atoms with Crippen LogP contribution in [0.5, 0.6) is 23.0 Å². The molecule has 1 aliphatic heterocycles. The van der Waals surface area contributed by atoms with Gasteiger partial charge in [0.1, 0.15) is 5.75 Å². The van der Waals surface area contributed by atoms with E-state index >= 15 is 0 Å². The van der Waals surface area contributed by atoms with Crippen molar-refractivity contribution in [3.63, 3.8) is 0 Å². The van der Waals surface area contributed by atoms with Crippen LogP contribution in [0, 0.1) is 0 Å². The van der Waals surface area contributed by atoms with Gasteiger partial charge in [0, 0.05) is 18.3 Å². The van der Waals surface area contributed by atoms with Gasteiger partial charge in [-0.05, 0) is 37.3 Å². The molecule has 1 heterocycles. The zero-order valence-corrected chi connectivity index (χ0v) is 16.4. The van der Waals surface area contributed by atoms with Crippen LogP contribution in [0.1, 0.15) is 17.3 Å². The quantitative estimate of drug-likeness (QED) is 0.850. The molecule has 0 aliphatic carbocycles. The molecule has 148 valence electrons. The fraction of sp³-hybridized carbons (Fsp3) is 0.300. The van der Waals surface area contributed by atoms with Gasteiger partial charge in [-0.3, -0.25) is 9.59 Å². The zero-order valence-electron chi connectivity index (χ0n) is 16.4. The molecule has 0 spiro atoms. The number of carbonyl (C=O) groups excluding carboxylic acids is 2. The topological polar surface area (TPSA) is 86.3 Å². The molecule has 8 heteroatoms. The number of anilines is 2. The molecule has 1 N–H and O–H groups in total. The number of likely N-dealkylation sites (N-methyl/N-ethyl adjacent to an activating group) is 1. The van der Waals surface area contributed by atoms with Crippen LogP contribution in [0.3, 0.4) is 0 Å². The Bertz CT molecular complexity index is 902. The number of benzene rings is 2. The summed E-state index contributed by atoms with van der Waals surface area (Å²) in [4.78, 5) is 26.4. The monoisotopic (exact) mass is 386 g/mol. The molecule has 3 rings (SSSR count). The fourth-order valence-electron chi connectivity index (χ4n) is 3.00. The number of ether oxygens (including phenoxy) is 4. The maximum absolute atomic E-state index is 12.7. The minimum absolute atomic E-state index is 0.152. The molecule has 0 fully saturated rings. The van der Waals surface area contributed by atoms with E-state index in [1.165, 1.54) is 26.2 Å². The Kier molecular flexibility index (Phi) is 5.30. The SMILES string of the molecule is COc1cc(C(=O)Nc2ccc3c(c2)N(C)C(=O)[C@H](C)O3)cc(OC)c1OC. The highest BCUT2D eigenvalue weighted by molar-refractivity contribution is 6.06. The Labute approximate surface area is 162 Å². The molecule has 2 aromatic rings. The van der Waals surface area contributed by atoms with E-state index in [1.54, 1.807) is 44.3 Å². The van der Waals surface area contributed by atoms with E-state index in [-0.39, 0.29) is 11.8 Å². The largest absolute Gasteiger partial charge is 0.493 e. The predicted octanol–water partition coefficient (Wildman–Crippen LogP) is 2.71. The summed E-state index contributed by atoms with van der Waals surface area (Å²) in [6.45, 7) is 1.70. The first-order valence-corrected chi connectivity index (χ1v) is 8.59. The first-order valence-electron chi connectivity index (χ1n) is 8.59. The lowest BCUT2D eigenvalue weighted by Crippen LogP contribution is -2.41. The number of rotatable bonds is 5. The van der Waals surface area contributed by atoms with Gasteiger partial charge in [-0.15, -0.1) is 0 Å². The van der Waals surface area contributed by atoms with Gasteiger partial charge >= 0.3 is 0 Å². The van der Waals surface area contributed by atoms with Crippen LogP contribution < -0.4 is 29.2 Å². The molecule has 0 aromatic heterocycles. The minimum Gasteiger partial charge on any atom is -0.493 e. The molecule has 28 heavy (non-hydrogen) atoms. The standard InChI is InChI=1S/C20H22N2O6/c1-11-20(24)22(2)14-10-13(6-7-15(14)28-11)21-19(23)12-8-16(25-3)18(27-5)17(9-12)26-4/h6-11H,1-5H3,(H,21,23)/t11-/m0/s1. The Morgan fingerprint density at radius 1 is 1.07 bits per heavy atom. The number of methoxy groups -OCH3 is 3. The maximum Gasteiger partial charge on any atom is 0.267 e. The van der Waals surface area contributed by atoms with E-state index in [2.05, 4.69) is 5.32 Å². The lowest BCUT2D eigenvalue weighted by molar-refractivity contribution is -0.125. The molecule has 1 atom stereocenters. The molecule has 0 saturated carbocycles. The van der Waals surface area contributed by atoms with Crippen molar-refractivity contribution >= 4 is 23.2 Å². The second-order valence-corrected chi connectivity index (χ2v) is 6.21. The molecule has 0 saturated heterocycles. The Balaban J connectivity index is 1.89. The van der Waals surface area contributed by atoms with Crippen molar-refractivity contribution in [3.8, 4) is 23.0 Å². The van der Waals surface area contributed by atoms with Crippen molar-refractivity contribution in [2.45, 2.75) is 13.0 Å². The molecule has 2 aromatic carbocycles. The van der Waals surface area contributed by atoms with Gasteiger partial charge in [0.2, 0.25) is 5.75 Å². The Morgan fingerprint density at radius 2 is 1.71 bits per heavy atom. The van der Waals surface area contributed by atoms with Crippen LogP contribution in [-0.2, 0) is 4.79 Å². The fourth-order valence-corrected chi connectivity index (χ4v) is 3.00. The third kappa shape index (κ3) is 3.40. The highest BCUT2D eigenvalue weighted by Gasteiger charge is 2.29. The average molecular weight is 386 g/mol. The maximum atomic E-state index is 12.7. The van der Waals surface area contributed by atoms with Crippen molar-refractivity contribution < 1.29 is 28.5 Å². The van der Waals surface area contributed by atoms with Gasteiger partial charge in [-0.1, -0.05) is 0 Å². The summed E-state index contributed by atoms with van der Waals surface area (Å²) in [7, 11) is 6.13. The van der Waals surface area contributed by atoms with Gasteiger partial charge in [0.25, 0.3) is 11.8 Å². The zero-order chi connectivity index (χ0) is 20.4. The summed E-state index contributed by atoms with van der Waals surface area (Å²) in [5, 5.41) is 2.81. The summed E-state index contributed by atoms with van der Waals surface area (Å²) in [6.07, 6.45) is -0.544. The number of nitrogens with zero attached hydrogens (tertiary/aromatic N) is 1. The van der Waals surface area contributed by atoms with Gasteiger partial charge < -0.3 is 29.2 Å². The number of hydrogen-bond donors (Lipinski definition) is 1. The Hall–Kier alpha value is -3.42. The summed E-state index contributed by atoms with van der Waals surface area (Å²) < 4.78 is 21.4. The molecule has 0 unspecified atom stereocenters. The van der Waals surface area contributed by atoms with Gasteiger partial charge in [-0.2, -0.15) is 0 Å². The second-order valence-electron chi connectivity index (χ2n) is 6.21. The average Bonchev–Trinajstić information content (AvgIpc) is 2.71. The Morgan fingerprint density at radius 3 is 2.29 bits per heavy atom. The third-order valence-electron chi connectivity index (χ3n) is 4.49. The summed E-state index contributed by atoms with van der Waals surface area (Å²) in [5.41, 5.74) is 1.45. The van der Waals surface area contributed by atoms with E-state index in [0.29, 0.717) is 39.9 Å². The van der Waals surface area contributed by atoms with Gasteiger partial charge in [-0.25, -0.2) is 0 Å². The third-order valence-corrected chi connectivity index (χ3v) is 4.49. The van der Waals surface area contributed by atoms with E-state index < -0.39 is 6.10 Å². The first-order chi connectivity index (χ1) is 13.4. The highest BCUT2D eigenvalue weighted by atomic mass is 16.5. The molecule has 8 nitrogen and oxygen atoms in total. The van der Waals surface area contributed by atoms with Crippen molar-refractivity contribution in [3.05, 3.63) is 35.9 Å². The van der Waals surface area contributed by atoms with Crippen LogP contribution in [0.2, 0.25) is 0 Å². The van der Waals surface area contributed by atoms with Gasteiger partial charge in [0.15, 0.2) is 17.6 Å². The summed E-state index contributed by atoms with van der Waals surface area (Å²) in [5.74, 6) is 1.23. The molecule has 2 amide bonds. The predicted molar refractivity (Wildman–Crippen MR) is 104 cm³/mol. The summed E-state index contributed by atoms with van der Waals surface area (Å²) >= 11 is 0. The van der Waals surface area contributed by atoms with Gasteiger partial charge in [0.05, 0.1) is 27.0 Å². The van der Waals surface area contributed by atoms with E-state index in [1.807, 2.05) is 0 Å².